The molecule has 2 aromatic carbocycles. The number of nitrogens with two attached hydrogens (primary N) is 1. The molecule has 2 nitrogen and oxygen atoms in total. The van der Waals surface area contributed by atoms with E-state index < -0.39 is 10.8 Å². The number of hydrogen-bond donors (Lipinski definition) is 1. The van der Waals surface area contributed by atoms with E-state index >= 15 is 0 Å². The van der Waals surface area contributed by atoms with Crippen LogP contribution in [0.15, 0.2) is 47.4 Å². The molecule has 0 bridgehead atoms. The minimum Gasteiger partial charge on any atom is -0.323 e. The van der Waals surface area contributed by atoms with Crippen LogP contribution in [0.1, 0.15) is 28.3 Å². The molecule has 0 heterocycles. The fourth-order valence-electron chi connectivity index (χ4n) is 2.22. The Hall–Kier alpha value is -1.45. The fourth-order valence-corrected chi connectivity index (χ4v) is 3.55. The van der Waals surface area contributed by atoms with Gasteiger partial charge in [-0.15, -0.1) is 0 Å². The van der Waals surface area contributed by atoms with E-state index in [4.69, 9.17) is 5.73 Å². The molecule has 2 unspecified atom stereocenters. The van der Waals surface area contributed by atoms with Crippen LogP contribution in [-0.2, 0) is 10.8 Å². The van der Waals surface area contributed by atoms with Crippen molar-refractivity contribution in [1.29, 1.82) is 0 Å². The first-order valence-corrected chi connectivity index (χ1v) is 8.07. The first-order chi connectivity index (χ1) is 9.47. The zero-order valence-electron chi connectivity index (χ0n) is 12.2. The van der Waals surface area contributed by atoms with E-state index in [0.717, 1.165) is 16.0 Å². The SMILES string of the molecule is Cc1ccc(C(N)CS(=O)c2ccc(C)cc2C)cc1. The summed E-state index contributed by atoms with van der Waals surface area (Å²) >= 11 is 0. The van der Waals surface area contributed by atoms with Crippen molar-refractivity contribution >= 4 is 10.8 Å². The van der Waals surface area contributed by atoms with Gasteiger partial charge in [0, 0.05) is 16.7 Å². The second kappa shape index (κ2) is 6.33. The Labute approximate surface area is 123 Å². The third kappa shape index (κ3) is 3.56. The highest BCUT2D eigenvalue weighted by molar-refractivity contribution is 7.85. The number of aryl methyl sites for hydroxylation is 3. The van der Waals surface area contributed by atoms with Crippen molar-refractivity contribution in [2.45, 2.75) is 31.7 Å². The van der Waals surface area contributed by atoms with Crippen LogP contribution in [-0.4, -0.2) is 9.96 Å². The van der Waals surface area contributed by atoms with Gasteiger partial charge in [0.2, 0.25) is 0 Å². The van der Waals surface area contributed by atoms with Crippen molar-refractivity contribution in [2.75, 3.05) is 5.75 Å². The maximum absolute atomic E-state index is 12.5. The van der Waals surface area contributed by atoms with Gasteiger partial charge >= 0.3 is 0 Å². The maximum Gasteiger partial charge on any atom is 0.0551 e. The van der Waals surface area contributed by atoms with Gasteiger partial charge in [0.15, 0.2) is 0 Å². The highest BCUT2D eigenvalue weighted by atomic mass is 32.2. The van der Waals surface area contributed by atoms with Gasteiger partial charge in [-0.05, 0) is 38.0 Å². The van der Waals surface area contributed by atoms with E-state index in [9.17, 15) is 4.21 Å². The van der Waals surface area contributed by atoms with Crippen LogP contribution >= 0.6 is 0 Å². The van der Waals surface area contributed by atoms with Crippen LogP contribution in [0.3, 0.4) is 0 Å². The summed E-state index contributed by atoms with van der Waals surface area (Å²) in [6.07, 6.45) is 0. The van der Waals surface area contributed by atoms with Crippen LogP contribution < -0.4 is 5.73 Å². The summed E-state index contributed by atoms with van der Waals surface area (Å²) in [7, 11) is -1.06. The van der Waals surface area contributed by atoms with Crippen LogP contribution in [0, 0.1) is 20.8 Å². The molecular formula is C17H21NOS. The molecule has 0 radical (unpaired) electrons. The summed E-state index contributed by atoms with van der Waals surface area (Å²) in [5, 5.41) is 0. The smallest absolute Gasteiger partial charge is 0.0551 e. The molecule has 0 aromatic heterocycles. The van der Waals surface area contributed by atoms with Gasteiger partial charge in [0.1, 0.15) is 0 Å². The lowest BCUT2D eigenvalue weighted by Crippen LogP contribution is -2.18. The summed E-state index contributed by atoms with van der Waals surface area (Å²) in [5.74, 6) is 0.451. The quantitative estimate of drug-likeness (QED) is 0.936. The normalized spacial score (nSPS) is 14.0. The molecule has 0 fully saturated rings. The lowest BCUT2D eigenvalue weighted by Gasteiger charge is -2.13. The summed E-state index contributed by atoms with van der Waals surface area (Å²) < 4.78 is 12.5. The molecule has 2 N–H and O–H groups in total. The Bertz CT molecular complexity index is 619. The van der Waals surface area contributed by atoms with Crippen molar-refractivity contribution in [2.24, 2.45) is 5.73 Å². The molecule has 2 atom stereocenters. The predicted molar refractivity (Wildman–Crippen MR) is 85.3 cm³/mol. The molecule has 106 valence electrons. The first kappa shape index (κ1) is 14.9. The fraction of sp³-hybridized carbons (Fsp3) is 0.294. The Morgan fingerprint density at radius 2 is 1.60 bits per heavy atom. The van der Waals surface area contributed by atoms with E-state index in [0.29, 0.717) is 5.75 Å². The topological polar surface area (TPSA) is 43.1 Å². The third-order valence-corrected chi connectivity index (χ3v) is 5.02. The number of rotatable bonds is 4. The molecule has 0 aliphatic heterocycles. The van der Waals surface area contributed by atoms with Crippen LogP contribution in [0.4, 0.5) is 0 Å². The Morgan fingerprint density at radius 3 is 2.20 bits per heavy atom. The van der Waals surface area contributed by atoms with E-state index in [2.05, 4.69) is 6.07 Å². The van der Waals surface area contributed by atoms with Crippen molar-refractivity contribution in [3.8, 4) is 0 Å². The van der Waals surface area contributed by atoms with Gasteiger partial charge in [-0.1, -0.05) is 47.5 Å². The number of benzene rings is 2. The average molecular weight is 287 g/mol. The molecule has 2 rings (SSSR count). The first-order valence-electron chi connectivity index (χ1n) is 6.75. The zero-order chi connectivity index (χ0) is 14.7. The Balaban J connectivity index is 2.13. The minimum absolute atomic E-state index is 0.197. The van der Waals surface area contributed by atoms with Gasteiger partial charge in [-0.25, -0.2) is 0 Å². The summed E-state index contributed by atoms with van der Waals surface area (Å²) in [6, 6.07) is 13.9. The van der Waals surface area contributed by atoms with Crippen molar-refractivity contribution in [3.63, 3.8) is 0 Å². The maximum atomic E-state index is 12.5. The molecule has 0 amide bonds. The molecule has 3 heteroatoms. The highest BCUT2D eigenvalue weighted by Gasteiger charge is 2.13. The van der Waals surface area contributed by atoms with Gasteiger partial charge in [0.05, 0.1) is 10.8 Å². The molecular weight excluding hydrogens is 266 g/mol. The lowest BCUT2D eigenvalue weighted by atomic mass is 10.1. The Morgan fingerprint density at radius 1 is 1.00 bits per heavy atom. The summed E-state index contributed by atoms with van der Waals surface area (Å²) in [5.41, 5.74) is 10.7. The van der Waals surface area contributed by atoms with E-state index in [1.54, 1.807) is 0 Å². The largest absolute Gasteiger partial charge is 0.323 e. The van der Waals surface area contributed by atoms with E-state index in [-0.39, 0.29) is 6.04 Å². The van der Waals surface area contributed by atoms with Gasteiger partial charge in [-0.2, -0.15) is 0 Å². The van der Waals surface area contributed by atoms with Crippen LogP contribution in [0.25, 0.3) is 0 Å². The molecule has 0 aliphatic carbocycles. The summed E-state index contributed by atoms with van der Waals surface area (Å²) in [4.78, 5) is 0.887. The van der Waals surface area contributed by atoms with Crippen LogP contribution in [0.2, 0.25) is 0 Å². The molecule has 0 aliphatic rings. The predicted octanol–water partition coefficient (Wildman–Crippen LogP) is 3.42. The van der Waals surface area contributed by atoms with Crippen molar-refractivity contribution in [1.82, 2.24) is 0 Å². The van der Waals surface area contributed by atoms with Gasteiger partial charge in [-0.3, -0.25) is 4.21 Å². The number of hydrogen-bond acceptors (Lipinski definition) is 2. The highest BCUT2D eigenvalue weighted by Crippen LogP contribution is 2.19. The van der Waals surface area contributed by atoms with Crippen molar-refractivity contribution in [3.05, 3.63) is 64.7 Å². The monoisotopic (exact) mass is 287 g/mol. The molecule has 0 spiro atoms. The van der Waals surface area contributed by atoms with Crippen LogP contribution in [0.5, 0.6) is 0 Å². The van der Waals surface area contributed by atoms with Gasteiger partial charge in [0.25, 0.3) is 0 Å². The molecule has 0 saturated carbocycles. The molecule has 0 saturated heterocycles. The standard InChI is InChI=1S/C17H21NOS/c1-12-4-7-15(8-5-12)16(18)11-20(19)17-9-6-13(2)10-14(17)3/h4-10,16H,11,18H2,1-3H3. The molecule has 2 aromatic rings. The third-order valence-electron chi connectivity index (χ3n) is 3.41. The summed E-state index contributed by atoms with van der Waals surface area (Å²) in [6.45, 7) is 6.08. The Kier molecular flexibility index (Phi) is 4.73. The van der Waals surface area contributed by atoms with E-state index in [1.807, 2.05) is 57.2 Å². The zero-order valence-corrected chi connectivity index (χ0v) is 13.0. The van der Waals surface area contributed by atoms with E-state index in [1.165, 1.54) is 11.1 Å². The van der Waals surface area contributed by atoms with Gasteiger partial charge < -0.3 is 5.73 Å². The lowest BCUT2D eigenvalue weighted by molar-refractivity contribution is 0.674. The molecule has 20 heavy (non-hydrogen) atoms. The second-order valence-corrected chi connectivity index (χ2v) is 6.76. The minimum atomic E-state index is -1.06. The van der Waals surface area contributed by atoms with Crippen molar-refractivity contribution < 1.29 is 4.21 Å². The average Bonchev–Trinajstić information content (AvgIpc) is 2.39. The second-order valence-electron chi connectivity index (χ2n) is 5.30.